The van der Waals surface area contributed by atoms with E-state index in [4.69, 9.17) is 13.9 Å². The van der Waals surface area contributed by atoms with Crippen molar-refractivity contribution in [2.75, 3.05) is 19.8 Å². The molecule has 0 saturated heterocycles. The van der Waals surface area contributed by atoms with Crippen LogP contribution in [-0.2, 0) is 23.5 Å². The van der Waals surface area contributed by atoms with Crippen LogP contribution >= 0.6 is 0 Å². The first-order chi connectivity index (χ1) is 11.5. The molecule has 144 valence electrons. The predicted octanol–water partition coefficient (Wildman–Crippen LogP) is 3.94. The fourth-order valence-corrected chi connectivity index (χ4v) is 3.68. The highest BCUT2D eigenvalue weighted by Gasteiger charge is 2.41. The molecule has 0 amide bonds. The number of ether oxygens (including phenoxy) is 2. The first-order valence-corrected chi connectivity index (χ1v) is 12.1. The highest BCUT2D eigenvalue weighted by molar-refractivity contribution is 6.74. The smallest absolute Gasteiger partial charge is 0.320 e. The molecule has 0 fully saturated rings. The maximum Gasteiger partial charge on any atom is 0.320 e. The van der Waals surface area contributed by atoms with Gasteiger partial charge in [-0.1, -0.05) is 32.9 Å². The van der Waals surface area contributed by atoms with Crippen molar-refractivity contribution in [1.29, 1.82) is 0 Å². The van der Waals surface area contributed by atoms with Crippen LogP contribution in [0.5, 0.6) is 0 Å². The summed E-state index contributed by atoms with van der Waals surface area (Å²) in [6.07, 6.45) is 4.71. The average Bonchev–Trinajstić information content (AvgIpc) is 2.93. The van der Waals surface area contributed by atoms with Crippen molar-refractivity contribution < 1.29 is 23.5 Å². The Morgan fingerprint density at radius 1 is 1.08 bits per heavy atom. The summed E-state index contributed by atoms with van der Waals surface area (Å²) in [7, 11) is -1.81. The SMILES string of the molecule is CCOC(=O)C(C(=O)OCC)[C@@H]1C=C[C@@H](CO[Si](C)(C)C(C)(C)C)C1. The molecular formula is C19H34O5Si. The largest absolute Gasteiger partial charge is 0.465 e. The normalized spacial score (nSPS) is 20.8. The fraction of sp³-hybridized carbons (Fsp3) is 0.789. The third-order valence-electron chi connectivity index (χ3n) is 5.18. The summed E-state index contributed by atoms with van der Waals surface area (Å²) < 4.78 is 16.4. The third-order valence-corrected chi connectivity index (χ3v) is 9.68. The monoisotopic (exact) mass is 370 g/mol. The van der Waals surface area contributed by atoms with Crippen LogP contribution in [0.4, 0.5) is 0 Å². The second-order valence-corrected chi connectivity index (χ2v) is 12.9. The molecule has 0 aromatic carbocycles. The molecule has 1 aliphatic rings. The van der Waals surface area contributed by atoms with Gasteiger partial charge in [-0.15, -0.1) is 0 Å². The molecular weight excluding hydrogens is 336 g/mol. The van der Waals surface area contributed by atoms with Crippen molar-refractivity contribution in [1.82, 2.24) is 0 Å². The minimum absolute atomic E-state index is 0.160. The Kier molecular flexibility index (Phi) is 7.87. The molecule has 0 spiro atoms. The number of esters is 2. The molecule has 0 heterocycles. The van der Waals surface area contributed by atoms with E-state index in [0.29, 0.717) is 13.0 Å². The highest BCUT2D eigenvalue weighted by atomic mass is 28.4. The van der Waals surface area contributed by atoms with Crippen molar-refractivity contribution in [3.05, 3.63) is 12.2 Å². The molecule has 0 aliphatic heterocycles. The van der Waals surface area contributed by atoms with Crippen molar-refractivity contribution >= 4 is 20.3 Å². The van der Waals surface area contributed by atoms with E-state index in [1.807, 2.05) is 6.08 Å². The van der Waals surface area contributed by atoms with Gasteiger partial charge in [0.05, 0.1) is 13.2 Å². The van der Waals surface area contributed by atoms with Gasteiger partial charge in [0.15, 0.2) is 14.2 Å². The van der Waals surface area contributed by atoms with Gasteiger partial charge in [0.2, 0.25) is 0 Å². The number of hydrogen-bond acceptors (Lipinski definition) is 5. The van der Waals surface area contributed by atoms with Gasteiger partial charge in [-0.2, -0.15) is 0 Å². The van der Waals surface area contributed by atoms with Gasteiger partial charge < -0.3 is 13.9 Å². The number of carbonyl (C=O) groups is 2. The van der Waals surface area contributed by atoms with Crippen LogP contribution in [0.25, 0.3) is 0 Å². The third kappa shape index (κ3) is 5.96. The lowest BCUT2D eigenvalue weighted by molar-refractivity contribution is -0.163. The van der Waals surface area contributed by atoms with E-state index >= 15 is 0 Å². The molecule has 0 bridgehead atoms. The fourth-order valence-electron chi connectivity index (χ4n) is 2.62. The first kappa shape index (κ1) is 21.9. The van der Waals surface area contributed by atoms with Crippen LogP contribution in [0.15, 0.2) is 12.2 Å². The van der Waals surface area contributed by atoms with Crippen LogP contribution < -0.4 is 0 Å². The van der Waals surface area contributed by atoms with E-state index in [1.54, 1.807) is 13.8 Å². The van der Waals surface area contributed by atoms with Crippen molar-refractivity contribution in [2.24, 2.45) is 17.8 Å². The molecule has 0 aromatic rings. The van der Waals surface area contributed by atoms with Crippen molar-refractivity contribution in [3.63, 3.8) is 0 Å². The van der Waals surface area contributed by atoms with Crippen LogP contribution in [0.1, 0.15) is 41.0 Å². The number of allylic oxidation sites excluding steroid dienone is 1. The number of carbonyl (C=O) groups excluding carboxylic acids is 2. The van der Waals surface area contributed by atoms with E-state index in [2.05, 4.69) is 39.9 Å². The lowest BCUT2D eigenvalue weighted by Crippen LogP contribution is -2.41. The molecule has 0 N–H and O–H groups in total. The topological polar surface area (TPSA) is 61.8 Å². The summed E-state index contributed by atoms with van der Waals surface area (Å²) in [6, 6.07) is 0. The van der Waals surface area contributed by atoms with Crippen LogP contribution in [-0.4, -0.2) is 40.1 Å². The van der Waals surface area contributed by atoms with Crippen molar-refractivity contribution in [3.8, 4) is 0 Å². The Bertz CT molecular complexity index is 475. The average molecular weight is 371 g/mol. The predicted molar refractivity (Wildman–Crippen MR) is 101 cm³/mol. The summed E-state index contributed by atoms with van der Waals surface area (Å²) in [5.41, 5.74) is 0. The zero-order valence-corrected chi connectivity index (χ0v) is 17.8. The summed E-state index contributed by atoms with van der Waals surface area (Å²) in [5, 5.41) is 0.160. The van der Waals surface area contributed by atoms with Gasteiger partial charge in [0.25, 0.3) is 0 Å². The summed E-state index contributed by atoms with van der Waals surface area (Å²) in [4.78, 5) is 24.4. The van der Waals surface area contributed by atoms with Gasteiger partial charge in [0.1, 0.15) is 0 Å². The van der Waals surface area contributed by atoms with Gasteiger partial charge in [-0.25, -0.2) is 0 Å². The maximum atomic E-state index is 12.2. The van der Waals surface area contributed by atoms with Crippen LogP contribution in [0, 0.1) is 17.8 Å². The minimum Gasteiger partial charge on any atom is -0.465 e. The minimum atomic E-state index is -1.81. The standard InChI is InChI=1S/C19H34O5Si/c1-8-22-17(20)16(18(21)23-9-2)15-11-10-14(12-15)13-24-25(6,7)19(3,4)5/h10-11,14-16H,8-9,12-13H2,1-7H3/t14-,15-/m1/s1. The second-order valence-electron chi connectivity index (χ2n) is 8.10. The summed E-state index contributed by atoms with van der Waals surface area (Å²) >= 11 is 0. The Hall–Kier alpha value is -1.14. The van der Waals surface area contributed by atoms with Crippen molar-refractivity contribution in [2.45, 2.75) is 59.2 Å². The molecule has 6 heteroatoms. The van der Waals surface area contributed by atoms with E-state index in [1.165, 1.54) is 0 Å². The molecule has 1 rings (SSSR count). The van der Waals surface area contributed by atoms with Gasteiger partial charge in [-0.3, -0.25) is 9.59 Å². The molecule has 0 radical (unpaired) electrons. The van der Waals surface area contributed by atoms with E-state index < -0.39 is 26.2 Å². The molecule has 1 aliphatic carbocycles. The molecule has 25 heavy (non-hydrogen) atoms. The number of rotatable bonds is 8. The lowest BCUT2D eigenvalue weighted by atomic mass is 9.90. The van der Waals surface area contributed by atoms with E-state index in [9.17, 15) is 9.59 Å². The second kappa shape index (κ2) is 8.99. The molecule has 2 atom stereocenters. The molecule has 0 unspecified atom stereocenters. The van der Waals surface area contributed by atoms with Gasteiger partial charge in [-0.05, 0) is 44.3 Å². The van der Waals surface area contributed by atoms with Gasteiger partial charge >= 0.3 is 11.9 Å². The Morgan fingerprint density at radius 2 is 1.60 bits per heavy atom. The zero-order chi connectivity index (χ0) is 19.3. The molecule has 0 saturated carbocycles. The zero-order valence-electron chi connectivity index (χ0n) is 16.8. The lowest BCUT2D eigenvalue weighted by Gasteiger charge is -2.37. The quantitative estimate of drug-likeness (QED) is 0.280. The van der Waals surface area contributed by atoms with E-state index in [-0.39, 0.29) is 30.1 Å². The first-order valence-electron chi connectivity index (χ1n) is 9.19. The number of hydrogen-bond donors (Lipinski definition) is 0. The van der Waals surface area contributed by atoms with Crippen LogP contribution in [0.2, 0.25) is 18.1 Å². The summed E-state index contributed by atoms with van der Waals surface area (Å²) in [6.45, 7) is 15.7. The molecule has 0 aromatic heterocycles. The maximum absolute atomic E-state index is 12.2. The Balaban J connectivity index is 2.71. The highest BCUT2D eigenvalue weighted by Crippen LogP contribution is 2.38. The van der Waals surface area contributed by atoms with E-state index in [0.717, 1.165) is 0 Å². The Morgan fingerprint density at radius 3 is 2.04 bits per heavy atom. The van der Waals surface area contributed by atoms with Gasteiger partial charge in [0, 0.05) is 12.5 Å². The Labute approximate surface area is 153 Å². The van der Waals surface area contributed by atoms with Crippen LogP contribution in [0.3, 0.4) is 0 Å². The summed E-state index contributed by atoms with van der Waals surface area (Å²) in [5.74, 6) is -1.85. The molecule has 5 nitrogen and oxygen atoms in total.